The van der Waals surface area contributed by atoms with Gasteiger partial charge in [0.1, 0.15) is 11.0 Å². The molecule has 1 aliphatic rings. The first-order valence-corrected chi connectivity index (χ1v) is 13.3. The van der Waals surface area contributed by atoms with Crippen molar-refractivity contribution in [3.8, 4) is 5.75 Å². The number of nitrogens with one attached hydrogen (secondary N) is 1. The lowest BCUT2D eigenvalue weighted by Gasteiger charge is -2.17. The SMILES string of the molecule is CCOC(=O)c1ccc(N=C2S[C@@H](CC(=O)Nc3ccc(C(=O)O)cc3)C(=O)N2Cc2ccc(OC)cc2)cc1. The van der Waals surface area contributed by atoms with Crippen LogP contribution in [0.1, 0.15) is 39.6 Å². The summed E-state index contributed by atoms with van der Waals surface area (Å²) < 4.78 is 10.2. The van der Waals surface area contributed by atoms with Crippen LogP contribution < -0.4 is 10.1 Å². The number of carbonyl (C=O) groups excluding carboxylic acids is 3. The van der Waals surface area contributed by atoms with Gasteiger partial charge in [0, 0.05) is 12.1 Å². The zero-order valence-corrected chi connectivity index (χ0v) is 22.6. The Hall–Kier alpha value is -4.64. The number of amides is 2. The molecule has 0 unspecified atom stereocenters. The summed E-state index contributed by atoms with van der Waals surface area (Å²) in [6.07, 6.45) is -0.107. The lowest BCUT2D eigenvalue weighted by atomic mass is 10.2. The van der Waals surface area contributed by atoms with Gasteiger partial charge in [-0.15, -0.1) is 0 Å². The second-order valence-corrected chi connectivity index (χ2v) is 9.85. The number of esters is 1. The van der Waals surface area contributed by atoms with Crippen molar-refractivity contribution in [2.24, 2.45) is 4.99 Å². The molecule has 3 aromatic rings. The number of rotatable bonds is 10. The van der Waals surface area contributed by atoms with Gasteiger partial charge in [-0.1, -0.05) is 23.9 Å². The predicted molar refractivity (Wildman–Crippen MR) is 151 cm³/mol. The highest BCUT2D eigenvalue weighted by Crippen LogP contribution is 2.33. The zero-order chi connectivity index (χ0) is 28.6. The van der Waals surface area contributed by atoms with Crippen molar-refractivity contribution in [2.75, 3.05) is 19.0 Å². The van der Waals surface area contributed by atoms with Crippen LogP contribution in [0.2, 0.25) is 0 Å². The fourth-order valence-corrected chi connectivity index (χ4v) is 5.01. The maximum atomic E-state index is 13.4. The highest BCUT2D eigenvalue weighted by Gasteiger charge is 2.39. The van der Waals surface area contributed by atoms with Crippen LogP contribution in [0.3, 0.4) is 0 Å². The number of hydrogen-bond acceptors (Lipinski definition) is 8. The van der Waals surface area contributed by atoms with E-state index in [0.717, 1.165) is 5.56 Å². The first-order chi connectivity index (χ1) is 19.3. The Morgan fingerprint density at radius 2 is 1.62 bits per heavy atom. The molecule has 4 rings (SSSR count). The van der Waals surface area contributed by atoms with Crippen molar-refractivity contribution >= 4 is 52.1 Å². The molecule has 0 spiro atoms. The molecule has 0 aliphatic carbocycles. The average molecular weight is 562 g/mol. The Balaban J connectivity index is 1.53. The van der Waals surface area contributed by atoms with Crippen LogP contribution in [-0.4, -0.2) is 57.9 Å². The summed E-state index contributed by atoms with van der Waals surface area (Å²) in [6.45, 7) is 2.24. The number of methoxy groups -OCH3 is 1. The number of hydrogen-bond donors (Lipinski definition) is 2. The first kappa shape index (κ1) is 28.4. The fourth-order valence-electron chi connectivity index (χ4n) is 3.86. The van der Waals surface area contributed by atoms with Gasteiger partial charge < -0.3 is 19.9 Å². The molecule has 1 atom stereocenters. The lowest BCUT2D eigenvalue weighted by molar-refractivity contribution is -0.128. The maximum Gasteiger partial charge on any atom is 0.338 e. The monoisotopic (exact) mass is 561 g/mol. The Morgan fingerprint density at radius 3 is 2.23 bits per heavy atom. The van der Waals surface area contributed by atoms with Crippen LogP contribution in [0.15, 0.2) is 77.8 Å². The molecular weight excluding hydrogens is 534 g/mol. The summed E-state index contributed by atoms with van der Waals surface area (Å²) in [5, 5.41) is 11.5. The number of carboxylic acid groups (broad SMARTS) is 1. The molecule has 206 valence electrons. The number of aromatic carboxylic acids is 1. The smallest absolute Gasteiger partial charge is 0.338 e. The van der Waals surface area contributed by atoms with Gasteiger partial charge in [0.2, 0.25) is 11.8 Å². The summed E-state index contributed by atoms with van der Waals surface area (Å²) in [6, 6.07) is 19.6. The Kier molecular flexibility index (Phi) is 9.18. The first-order valence-electron chi connectivity index (χ1n) is 12.4. The quantitative estimate of drug-likeness (QED) is 0.339. The van der Waals surface area contributed by atoms with Gasteiger partial charge in [-0.3, -0.25) is 14.5 Å². The van der Waals surface area contributed by atoms with Crippen LogP contribution in [0.4, 0.5) is 11.4 Å². The summed E-state index contributed by atoms with van der Waals surface area (Å²) in [7, 11) is 1.57. The van der Waals surface area contributed by atoms with E-state index in [0.29, 0.717) is 27.9 Å². The van der Waals surface area contributed by atoms with Crippen molar-refractivity contribution in [3.63, 3.8) is 0 Å². The normalized spacial score (nSPS) is 15.7. The summed E-state index contributed by atoms with van der Waals surface area (Å²) >= 11 is 1.18. The number of benzene rings is 3. The largest absolute Gasteiger partial charge is 0.497 e. The molecule has 0 aromatic heterocycles. The van der Waals surface area contributed by atoms with Crippen LogP contribution >= 0.6 is 11.8 Å². The van der Waals surface area contributed by atoms with Crippen molar-refractivity contribution in [1.29, 1.82) is 0 Å². The predicted octanol–water partition coefficient (Wildman–Crippen LogP) is 4.73. The molecule has 0 bridgehead atoms. The number of nitrogens with zero attached hydrogens (tertiary/aromatic N) is 2. The van der Waals surface area contributed by atoms with Gasteiger partial charge in [0.05, 0.1) is 37.1 Å². The van der Waals surface area contributed by atoms with Crippen molar-refractivity contribution < 1.29 is 33.8 Å². The number of ether oxygens (including phenoxy) is 2. The second-order valence-electron chi connectivity index (χ2n) is 8.68. The van der Waals surface area contributed by atoms with E-state index in [-0.39, 0.29) is 31.0 Å². The van der Waals surface area contributed by atoms with E-state index in [9.17, 15) is 19.2 Å². The van der Waals surface area contributed by atoms with Gasteiger partial charge in [-0.2, -0.15) is 0 Å². The average Bonchev–Trinajstić information content (AvgIpc) is 3.22. The number of thioether (sulfide) groups is 1. The molecule has 2 N–H and O–H groups in total. The summed E-state index contributed by atoms with van der Waals surface area (Å²) in [5.41, 5.74) is 2.30. The lowest BCUT2D eigenvalue weighted by Crippen LogP contribution is -2.33. The van der Waals surface area contributed by atoms with Crippen LogP contribution in [-0.2, 0) is 20.9 Å². The molecule has 40 heavy (non-hydrogen) atoms. The fraction of sp³-hybridized carbons (Fsp3) is 0.207. The summed E-state index contributed by atoms with van der Waals surface area (Å²) in [4.78, 5) is 55.5. The van der Waals surface area contributed by atoms with Gasteiger partial charge in [0.15, 0.2) is 5.17 Å². The number of amidine groups is 1. The Labute approximate surface area is 235 Å². The number of carbonyl (C=O) groups is 4. The molecule has 11 heteroatoms. The highest BCUT2D eigenvalue weighted by atomic mass is 32.2. The number of anilines is 1. The molecule has 10 nitrogen and oxygen atoms in total. The molecule has 0 saturated carbocycles. The minimum absolute atomic E-state index is 0.102. The molecule has 1 heterocycles. The maximum absolute atomic E-state index is 13.4. The van der Waals surface area contributed by atoms with Crippen molar-refractivity contribution in [2.45, 2.75) is 25.1 Å². The standard InChI is InChI=1S/C29H27N3O7S/c1-3-39-28(37)20-8-12-22(13-9-20)31-29-32(17-18-4-14-23(38-2)15-5-18)26(34)24(40-29)16-25(33)30-21-10-6-19(7-11-21)27(35)36/h4-15,24H,3,16-17H2,1-2H3,(H,30,33)(H,35,36)/t24-/m0/s1. The minimum atomic E-state index is -1.06. The molecule has 1 fully saturated rings. The van der Waals surface area contributed by atoms with Crippen LogP contribution in [0.25, 0.3) is 0 Å². The van der Waals surface area contributed by atoms with E-state index in [1.807, 2.05) is 12.1 Å². The van der Waals surface area contributed by atoms with E-state index >= 15 is 0 Å². The van der Waals surface area contributed by atoms with E-state index < -0.39 is 23.1 Å². The van der Waals surface area contributed by atoms with Gasteiger partial charge in [0.25, 0.3) is 0 Å². The summed E-state index contributed by atoms with van der Waals surface area (Å²) in [5.74, 6) is -1.47. The van der Waals surface area contributed by atoms with Crippen molar-refractivity contribution in [3.05, 3.63) is 89.5 Å². The molecule has 1 aliphatic heterocycles. The second kappa shape index (κ2) is 12.9. The molecule has 2 amide bonds. The minimum Gasteiger partial charge on any atom is -0.497 e. The highest BCUT2D eigenvalue weighted by molar-refractivity contribution is 8.15. The molecule has 0 radical (unpaired) electrons. The molecular formula is C29H27N3O7S. The van der Waals surface area contributed by atoms with Crippen molar-refractivity contribution in [1.82, 2.24) is 4.90 Å². The zero-order valence-electron chi connectivity index (χ0n) is 21.8. The molecule has 1 saturated heterocycles. The third kappa shape index (κ3) is 7.06. The van der Waals surface area contributed by atoms with Gasteiger partial charge >= 0.3 is 11.9 Å². The van der Waals surface area contributed by atoms with E-state index in [1.165, 1.54) is 40.9 Å². The Bertz CT molecular complexity index is 1420. The van der Waals surface area contributed by atoms with E-state index in [1.54, 1.807) is 50.4 Å². The molecule has 3 aromatic carbocycles. The third-order valence-corrected chi connectivity index (χ3v) is 7.08. The van der Waals surface area contributed by atoms with Crippen LogP contribution in [0.5, 0.6) is 5.75 Å². The number of carboxylic acids is 1. The topological polar surface area (TPSA) is 135 Å². The van der Waals surface area contributed by atoms with Gasteiger partial charge in [-0.25, -0.2) is 14.6 Å². The van der Waals surface area contributed by atoms with Gasteiger partial charge in [-0.05, 0) is 73.2 Å². The van der Waals surface area contributed by atoms with E-state index in [4.69, 9.17) is 14.6 Å². The van der Waals surface area contributed by atoms with Crippen LogP contribution in [0, 0.1) is 0 Å². The third-order valence-electron chi connectivity index (χ3n) is 5.91. The Morgan fingerprint density at radius 1 is 0.975 bits per heavy atom. The number of aliphatic imine (C=N–C) groups is 1. The van der Waals surface area contributed by atoms with E-state index in [2.05, 4.69) is 10.3 Å².